The third kappa shape index (κ3) is 2.37. The van der Waals surface area contributed by atoms with Crippen LogP contribution in [0.2, 0.25) is 0 Å². The van der Waals surface area contributed by atoms with Crippen LogP contribution < -0.4 is 10.5 Å². The van der Waals surface area contributed by atoms with Crippen LogP contribution in [0.4, 0.5) is 11.4 Å². The predicted octanol–water partition coefficient (Wildman–Crippen LogP) is 2.67. The lowest BCUT2D eigenvalue weighted by molar-refractivity contribution is -0.385. The molecular formula is C12H11N3O3. The van der Waals surface area contributed by atoms with Gasteiger partial charge in [-0.15, -0.1) is 0 Å². The highest BCUT2D eigenvalue weighted by atomic mass is 16.6. The second-order valence-electron chi connectivity index (χ2n) is 3.72. The first-order chi connectivity index (χ1) is 8.58. The summed E-state index contributed by atoms with van der Waals surface area (Å²) in [5.41, 5.74) is 6.69. The van der Waals surface area contributed by atoms with Gasteiger partial charge in [-0.3, -0.25) is 15.1 Å². The van der Waals surface area contributed by atoms with E-state index in [0.717, 1.165) is 0 Å². The molecule has 0 aliphatic rings. The number of benzene rings is 1. The summed E-state index contributed by atoms with van der Waals surface area (Å²) in [6.45, 7) is 1.65. The molecule has 0 fully saturated rings. The highest BCUT2D eigenvalue weighted by Gasteiger charge is 2.11. The summed E-state index contributed by atoms with van der Waals surface area (Å²) in [5, 5.41) is 10.7. The third-order valence-electron chi connectivity index (χ3n) is 2.40. The van der Waals surface area contributed by atoms with Gasteiger partial charge < -0.3 is 10.5 Å². The second kappa shape index (κ2) is 4.70. The number of hydrogen-bond donors (Lipinski definition) is 1. The number of ether oxygens (including phenoxy) is 1. The maximum atomic E-state index is 10.7. The van der Waals surface area contributed by atoms with E-state index in [9.17, 15) is 10.1 Å². The molecule has 1 aromatic carbocycles. The quantitative estimate of drug-likeness (QED) is 0.663. The summed E-state index contributed by atoms with van der Waals surface area (Å²) in [4.78, 5) is 14.1. The number of hydrogen-bond acceptors (Lipinski definition) is 5. The zero-order valence-electron chi connectivity index (χ0n) is 9.66. The molecule has 0 amide bonds. The number of nitrogen functional groups attached to an aromatic ring is 1. The minimum absolute atomic E-state index is 0.0602. The Morgan fingerprint density at radius 3 is 2.78 bits per heavy atom. The highest BCUT2D eigenvalue weighted by Crippen LogP contribution is 2.29. The van der Waals surface area contributed by atoms with Crippen molar-refractivity contribution in [1.29, 1.82) is 0 Å². The number of nitrogens with two attached hydrogens (primary N) is 1. The molecule has 0 aliphatic carbocycles. The molecule has 0 unspecified atom stereocenters. The van der Waals surface area contributed by atoms with Crippen LogP contribution in [0, 0.1) is 17.0 Å². The van der Waals surface area contributed by atoms with Crippen LogP contribution in [0.1, 0.15) is 5.56 Å². The van der Waals surface area contributed by atoms with Crippen molar-refractivity contribution in [2.24, 2.45) is 0 Å². The van der Waals surface area contributed by atoms with E-state index in [2.05, 4.69) is 4.98 Å². The van der Waals surface area contributed by atoms with Crippen molar-refractivity contribution in [3.63, 3.8) is 0 Å². The van der Waals surface area contributed by atoms with E-state index in [0.29, 0.717) is 22.7 Å². The summed E-state index contributed by atoms with van der Waals surface area (Å²) >= 11 is 0. The fourth-order valence-electron chi connectivity index (χ4n) is 1.51. The van der Waals surface area contributed by atoms with Crippen LogP contribution in [-0.2, 0) is 0 Å². The van der Waals surface area contributed by atoms with E-state index in [4.69, 9.17) is 10.5 Å². The summed E-state index contributed by atoms with van der Waals surface area (Å²) in [7, 11) is 0. The number of nitro benzene ring substituents is 1. The molecule has 2 rings (SSSR count). The Balaban J connectivity index is 2.29. The minimum atomic E-state index is -0.431. The molecular weight excluding hydrogens is 234 g/mol. The van der Waals surface area contributed by atoms with Crippen LogP contribution in [-0.4, -0.2) is 9.91 Å². The van der Waals surface area contributed by atoms with Crippen LogP contribution in [0.25, 0.3) is 0 Å². The van der Waals surface area contributed by atoms with Gasteiger partial charge in [-0.1, -0.05) is 0 Å². The van der Waals surface area contributed by atoms with E-state index in [1.807, 2.05) is 0 Å². The maximum absolute atomic E-state index is 10.7. The number of nitrogens with zero attached hydrogens (tertiary/aromatic N) is 2. The molecule has 2 N–H and O–H groups in total. The number of anilines is 1. The van der Waals surface area contributed by atoms with Gasteiger partial charge in [0.25, 0.3) is 5.69 Å². The Bertz CT molecular complexity index is 599. The van der Waals surface area contributed by atoms with Crippen molar-refractivity contribution in [2.45, 2.75) is 6.92 Å². The monoisotopic (exact) mass is 245 g/mol. The van der Waals surface area contributed by atoms with Crippen molar-refractivity contribution >= 4 is 11.4 Å². The molecule has 0 aliphatic heterocycles. The third-order valence-corrected chi connectivity index (χ3v) is 2.40. The Morgan fingerprint density at radius 2 is 2.17 bits per heavy atom. The minimum Gasteiger partial charge on any atom is -0.455 e. The molecule has 0 saturated carbocycles. The fraction of sp³-hybridized carbons (Fsp3) is 0.0833. The van der Waals surface area contributed by atoms with E-state index in [1.165, 1.54) is 18.3 Å². The smallest absolute Gasteiger partial charge is 0.272 e. The second-order valence-corrected chi connectivity index (χ2v) is 3.72. The zero-order chi connectivity index (χ0) is 13.1. The van der Waals surface area contributed by atoms with Crippen molar-refractivity contribution < 1.29 is 9.66 Å². The van der Waals surface area contributed by atoms with E-state index >= 15 is 0 Å². The molecule has 0 bridgehead atoms. The van der Waals surface area contributed by atoms with Crippen molar-refractivity contribution in [1.82, 2.24) is 4.98 Å². The molecule has 6 nitrogen and oxygen atoms in total. The molecule has 0 spiro atoms. The number of pyridine rings is 1. The van der Waals surface area contributed by atoms with Gasteiger partial charge in [0.05, 0.1) is 16.8 Å². The van der Waals surface area contributed by atoms with Crippen LogP contribution in [0.3, 0.4) is 0 Å². The van der Waals surface area contributed by atoms with Crippen molar-refractivity contribution in [3.05, 3.63) is 52.3 Å². The summed E-state index contributed by atoms with van der Waals surface area (Å²) < 4.78 is 5.54. The first kappa shape index (κ1) is 11.8. The first-order valence-electron chi connectivity index (χ1n) is 5.20. The Kier molecular flexibility index (Phi) is 3.09. The number of nitro groups is 1. The van der Waals surface area contributed by atoms with Gasteiger partial charge in [0.1, 0.15) is 5.75 Å². The molecule has 0 saturated heterocycles. The molecule has 1 heterocycles. The molecule has 92 valence electrons. The molecule has 2 aromatic rings. The van der Waals surface area contributed by atoms with Gasteiger partial charge in [0, 0.05) is 23.9 Å². The fourth-order valence-corrected chi connectivity index (χ4v) is 1.51. The maximum Gasteiger partial charge on any atom is 0.272 e. The lowest BCUT2D eigenvalue weighted by Crippen LogP contribution is -1.95. The van der Waals surface area contributed by atoms with Gasteiger partial charge in [-0.2, -0.15) is 0 Å². The number of aromatic nitrogens is 1. The van der Waals surface area contributed by atoms with Crippen LogP contribution in [0.15, 0.2) is 36.7 Å². The molecule has 0 atom stereocenters. The summed E-state index contributed by atoms with van der Waals surface area (Å²) in [6, 6.07) is 6.16. The molecule has 6 heteroatoms. The van der Waals surface area contributed by atoms with Gasteiger partial charge in [0.15, 0.2) is 5.75 Å². The topological polar surface area (TPSA) is 91.3 Å². The molecule has 18 heavy (non-hydrogen) atoms. The zero-order valence-corrected chi connectivity index (χ0v) is 9.66. The highest BCUT2D eigenvalue weighted by molar-refractivity contribution is 5.52. The van der Waals surface area contributed by atoms with E-state index < -0.39 is 4.92 Å². The lowest BCUT2D eigenvalue weighted by atomic mass is 10.2. The Hall–Kier alpha value is -2.63. The summed E-state index contributed by atoms with van der Waals surface area (Å²) in [6.07, 6.45) is 3.04. The summed E-state index contributed by atoms with van der Waals surface area (Å²) in [5.74, 6) is 0.967. The lowest BCUT2D eigenvalue weighted by Gasteiger charge is -2.08. The van der Waals surface area contributed by atoms with Crippen molar-refractivity contribution in [2.75, 3.05) is 5.73 Å². The van der Waals surface area contributed by atoms with E-state index in [-0.39, 0.29) is 5.69 Å². The van der Waals surface area contributed by atoms with Gasteiger partial charge >= 0.3 is 0 Å². The SMILES string of the molecule is Cc1cc(Oc2ccncc2N)ccc1[N+](=O)[O-]. The van der Waals surface area contributed by atoms with Gasteiger partial charge in [-0.05, 0) is 19.1 Å². The Morgan fingerprint density at radius 1 is 1.39 bits per heavy atom. The normalized spacial score (nSPS) is 10.1. The van der Waals surface area contributed by atoms with Gasteiger partial charge in [0.2, 0.25) is 0 Å². The van der Waals surface area contributed by atoms with Crippen LogP contribution in [0.5, 0.6) is 11.5 Å². The number of rotatable bonds is 3. The van der Waals surface area contributed by atoms with Crippen LogP contribution >= 0.6 is 0 Å². The first-order valence-corrected chi connectivity index (χ1v) is 5.20. The largest absolute Gasteiger partial charge is 0.455 e. The molecule has 1 aromatic heterocycles. The standard InChI is InChI=1S/C12H11N3O3/c1-8-6-9(2-3-11(8)15(16)17)18-12-4-5-14-7-10(12)13/h2-7H,13H2,1H3. The molecule has 0 radical (unpaired) electrons. The average molecular weight is 245 g/mol. The Labute approximate surface area is 103 Å². The predicted molar refractivity (Wildman–Crippen MR) is 66.6 cm³/mol. The number of aryl methyl sites for hydroxylation is 1. The van der Waals surface area contributed by atoms with Gasteiger partial charge in [-0.25, -0.2) is 0 Å². The van der Waals surface area contributed by atoms with E-state index in [1.54, 1.807) is 25.3 Å². The average Bonchev–Trinajstić information content (AvgIpc) is 2.32. The van der Waals surface area contributed by atoms with Crippen molar-refractivity contribution in [3.8, 4) is 11.5 Å².